The maximum atomic E-state index is 12.5. The van der Waals surface area contributed by atoms with Crippen LogP contribution in [-0.4, -0.2) is 48.0 Å². The SMILES string of the molecule is Cc1ccc(C(=O)N2CCN(Cc3cccc(OC(C)C)c3)CC2)s1. The molecule has 1 aromatic heterocycles. The maximum Gasteiger partial charge on any atom is 0.264 e. The second-order valence-corrected chi connectivity index (χ2v) is 8.08. The molecule has 134 valence electrons. The molecule has 25 heavy (non-hydrogen) atoms. The summed E-state index contributed by atoms with van der Waals surface area (Å²) in [5.41, 5.74) is 1.26. The van der Waals surface area contributed by atoms with E-state index < -0.39 is 0 Å². The third-order valence-corrected chi connectivity index (χ3v) is 5.28. The van der Waals surface area contributed by atoms with Gasteiger partial charge in [0.05, 0.1) is 11.0 Å². The molecule has 1 aliphatic rings. The number of ether oxygens (including phenoxy) is 1. The minimum Gasteiger partial charge on any atom is -0.491 e. The average Bonchev–Trinajstić information content (AvgIpc) is 3.01. The van der Waals surface area contributed by atoms with Gasteiger partial charge in [0.15, 0.2) is 0 Å². The zero-order valence-electron chi connectivity index (χ0n) is 15.2. The number of amides is 1. The molecule has 0 atom stereocenters. The molecule has 4 nitrogen and oxygen atoms in total. The molecular formula is C20H26N2O2S. The van der Waals surface area contributed by atoms with E-state index in [0.717, 1.165) is 43.4 Å². The Kier molecular flexibility index (Phi) is 5.76. The zero-order valence-corrected chi connectivity index (χ0v) is 16.0. The number of benzene rings is 1. The van der Waals surface area contributed by atoms with Crippen molar-refractivity contribution in [2.45, 2.75) is 33.4 Å². The maximum absolute atomic E-state index is 12.5. The Hall–Kier alpha value is -1.85. The van der Waals surface area contributed by atoms with Gasteiger partial charge in [-0.3, -0.25) is 9.69 Å². The number of aryl methyl sites for hydroxylation is 1. The fourth-order valence-electron chi connectivity index (χ4n) is 3.06. The first-order chi connectivity index (χ1) is 12.0. The molecule has 1 amide bonds. The van der Waals surface area contributed by atoms with Crippen LogP contribution in [0.3, 0.4) is 0 Å². The van der Waals surface area contributed by atoms with Crippen LogP contribution in [0.5, 0.6) is 5.75 Å². The summed E-state index contributed by atoms with van der Waals surface area (Å²) in [7, 11) is 0. The van der Waals surface area contributed by atoms with Gasteiger partial charge in [0, 0.05) is 37.6 Å². The van der Waals surface area contributed by atoms with Gasteiger partial charge in [0.2, 0.25) is 0 Å². The van der Waals surface area contributed by atoms with Crippen LogP contribution in [-0.2, 0) is 6.54 Å². The van der Waals surface area contributed by atoms with Crippen molar-refractivity contribution >= 4 is 17.2 Å². The van der Waals surface area contributed by atoms with E-state index in [9.17, 15) is 4.79 Å². The van der Waals surface area contributed by atoms with Gasteiger partial charge in [-0.25, -0.2) is 0 Å². The number of thiophene rings is 1. The third kappa shape index (κ3) is 4.83. The van der Waals surface area contributed by atoms with E-state index >= 15 is 0 Å². The Morgan fingerprint density at radius 2 is 1.92 bits per heavy atom. The number of hydrogen-bond acceptors (Lipinski definition) is 4. The predicted molar refractivity (Wildman–Crippen MR) is 102 cm³/mol. The standard InChI is InChI=1S/C20H26N2O2S/c1-15(2)24-18-6-4-5-17(13-18)14-21-9-11-22(12-10-21)20(23)19-8-7-16(3)25-19/h4-8,13,15H,9-12,14H2,1-3H3. The van der Waals surface area contributed by atoms with Crippen LogP contribution in [0.4, 0.5) is 0 Å². The fourth-order valence-corrected chi connectivity index (χ4v) is 3.90. The quantitative estimate of drug-likeness (QED) is 0.815. The Labute approximate surface area is 154 Å². The van der Waals surface area contributed by atoms with E-state index in [4.69, 9.17) is 4.74 Å². The molecule has 0 bridgehead atoms. The highest BCUT2D eigenvalue weighted by molar-refractivity contribution is 7.13. The molecule has 0 spiro atoms. The first-order valence-corrected chi connectivity index (χ1v) is 9.66. The summed E-state index contributed by atoms with van der Waals surface area (Å²) in [5.74, 6) is 1.10. The van der Waals surface area contributed by atoms with E-state index in [1.807, 2.05) is 49.9 Å². The highest BCUT2D eigenvalue weighted by Crippen LogP contribution is 2.20. The molecule has 0 unspecified atom stereocenters. The molecule has 0 saturated carbocycles. The summed E-state index contributed by atoms with van der Waals surface area (Å²) in [6.45, 7) is 10.4. The molecule has 2 aromatic rings. The van der Waals surface area contributed by atoms with Crippen molar-refractivity contribution in [1.82, 2.24) is 9.80 Å². The Morgan fingerprint density at radius 1 is 1.16 bits per heavy atom. The summed E-state index contributed by atoms with van der Waals surface area (Å²) in [6, 6.07) is 12.3. The summed E-state index contributed by atoms with van der Waals surface area (Å²) < 4.78 is 5.77. The first-order valence-electron chi connectivity index (χ1n) is 8.85. The summed E-state index contributed by atoms with van der Waals surface area (Å²) in [6.07, 6.45) is 0.186. The highest BCUT2D eigenvalue weighted by Gasteiger charge is 2.23. The van der Waals surface area contributed by atoms with Crippen LogP contribution in [0.25, 0.3) is 0 Å². The molecule has 0 N–H and O–H groups in total. The molecule has 5 heteroatoms. The van der Waals surface area contributed by atoms with Crippen molar-refractivity contribution in [2.24, 2.45) is 0 Å². The lowest BCUT2D eigenvalue weighted by atomic mass is 10.2. The fraction of sp³-hybridized carbons (Fsp3) is 0.450. The Balaban J connectivity index is 1.53. The van der Waals surface area contributed by atoms with Crippen molar-refractivity contribution < 1.29 is 9.53 Å². The summed E-state index contributed by atoms with van der Waals surface area (Å²) >= 11 is 1.58. The molecule has 1 saturated heterocycles. The van der Waals surface area contributed by atoms with Crippen LogP contribution in [0.15, 0.2) is 36.4 Å². The van der Waals surface area contributed by atoms with Crippen molar-refractivity contribution in [3.63, 3.8) is 0 Å². The van der Waals surface area contributed by atoms with Gasteiger partial charge in [-0.15, -0.1) is 11.3 Å². The van der Waals surface area contributed by atoms with Gasteiger partial charge in [0.1, 0.15) is 5.75 Å². The normalized spacial score (nSPS) is 15.6. The monoisotopic (exact) mass is 358 g/mol. The lowest BCUT2D eigenvalue weighted by Gasteiger charge is -2.34. The van der Waals surface area contributed by atoms with Gasteiger partial charge in [0.25, 0.3) is 5.91 Å². The van der Waals surface area contributed by atoms with E-state index in [2.05, 4.69) is 17.0 Å². The lowest BCUT2D eigenvalue weighted by Crippen LogP contribution is -2.48. The molecule has 1 aromatic carbocycles. The molecule has 0 aliphatic carbocycles. The number of rotatable bonds is 5. The lowest BCUT2D eigenvalue weighted by molar-refractivity contribution is 0.0633. The topological polar surface area (TPSA) is 32.8 Å². The minimum atomic E-state index is 0.171. The Morgan fingerprint density at radius 3 is 2.56 bits per heavy atom. The second kappa shape index (κ2) is 8.02. The second-order valence-electron chi connectivity index (χ2n) is 6.79. The van der Waals surface area contributed by atoms with E-state index in [1.54, 1.807) is 11.3 Å². The van der Waals surface area contributed by atoms with Crippen LogP contribution in [0.2, 0.25) is 0 Å². The van der Waals surface area contributed by atoms with Crippen LogP contribution < -0.4 is 4.74 Å². The van der Waals surface area contributed by atoms with Crippen LogP contribution >= 0.6 is 11.3 Å². The minimum absolute atomic E-state index is 0.171. The summed E-state index contributed by atoms with van der Waals surface area (Å²) in [4.78, 5) is 18.9. The van der Waals surface area contributed by atoms with Crippen molar-refractivity contribution in [2.75, 3.05) is 26.2 Å². The van der Waals surface area contributed by atoms with Crippen molar-refractivity contribution in [3.8, 4) is 5.75 Å². The molecule has 2 heterocycles. The van der Waals surface area contributed by atoms with Gasteiger partial charge in [-0.2, -0.15) is 0 Å². The smallest absolute Gasteiger partial charge is 0.264 e. The largest absolute Gasteiger partial charge is 0.491 e. The van der Waals surface area contributed by atoms with Crippen molar-refractivity contribution in [1.29, 1.82) is 0 Å². The number of piperazine rings is 1. The summed E-state index contributed by atoms with van der Waals surface area (Å²) in [5, 5.41) is 0. The number of nitrogens with zero attached hydrogens (tertiary/aromatic N) is 2. The van der Waals surface area contributed by atoms with Gasteiger partial charge >= 0.3 is 0 Å². The molecular weight excluding hydrogens is 332 g/mol. The molecule has 1 fully saturated rings. The third-order valence-electron chi connectivity index (χ3n) is 4.29. The predicted octanol–water partition coefficient (Wildman–Crippen LogP) is 3.80. The van der Waals surface area contributed by atoms with Gasteiger partial charge in [-0.1, -0.05) is 12.1 Å². The molecule has 3 rings (SSSR count). The zero-order chi connectivity index (χ0) is 17.8. The van der Waals surface area contributed by atoms with E-state index in [-0.39, 0.29) is 12.0 Å². The van der Waals surface area contributed by atoms with E-state index in [1.165, 1.54) is 10.4 Å². The highest BCUT2D eigenvalue weighted by atomic mass is 32.1. The average molecular weight is 359 g/mol. The van der Waals surface area contributed by atoms with Crippen LogP contribution in [0.1, 0.15) is 34.0 Å². The number of carbonyl (C=O) groups is 1. The van der Waals surface area contributed by atoms with Gasteiger partial charge in [-0.05, 0) is 50.6 Å². The number of hydrogen-bond donors (Lipinski definition) is 0. The van der Waals surface area contributed by atoms with Gasteiger partial charge < -0.3 is 9.64 Å². The molecule has 0 radical (unpaired) electrons. The first kappa shape index (κ1) is 18.0. The molecule has 1 aliphatic heterocycles. The van der Waals surface area contributed by atoms with Crippen LogP contribution in [0, 0.1) is 6.92 Å². The number of carbonyl (C=O) groups excluding carboxylic acids is 1. The Bertz CT molecular complexity index is 718. The van der Waals surface area contributed by atoms with E-state index in [0.29, 0.717) is 0 Å². The van der Waals surface area contributed by atoms with Crippen molar-refractivity contribution in [3.05, 3.63) is 51.7 Å².